The van der Waals surface area contributed by atoms with Crippen LogP contribution in [0.5, 0.6) is 0 Å². The summed E-state index contributed by atoms with van der Waals surface area (Å²) in [5, 5.41) is 3.31. The van der Waals surface area contributed by atoms with Gasteiger partial charge in [0.1, 0.15) is 6.67 Å². The van der Waals surface area contributed by atoms with Crippen LogP contribution in [-0.4, -0.2) is 25.5 Å². The van der Waals surface area contributed by atoms with Crippen molar-refractivity contribution in [3.05, 3.63) is 41.1 Å². The number of benzene rings is 1. The molecule has 0 atom stereocenters. The summed E-state index contributed by atoms with van der Waals surface area (Å²) < 4.78 is 39.6. The summed E-state index contributed by atoms with van der Waals surface area (Å²) in [5.41, 5.74) is 2.86. The Morgan fingerprint density at radius 3 is 2.50 bits per heavy atom. The van der Waals surface area contributed by atoms with Gasteiger partial charge < -0.3 is 10.2 Å². The summed E-state index contributed by atoms with van der Waals surface area (Å²) in [7, 11) is 0. The number of nitrogens with zero attached hydrogens (tertiary/aromatic N) is 2. The van der Waals surface area contributed by atoms with Crippen LogP contribution in [0.1, 0.15) is 43.7 Å². The first kappa shape index (κ1) is 17.0. The monoisotopic (exact) mass is 337 g/mol. The molecule has 6 heteroatoms. The number of alkyl halides is 3. The first-order chi connectivity index (χ1) is 11.4. The highest BCUT2D eigenvalue weighted by molar-refractivity contribution is 5.95. The lowest BCUT2D eigenvalue weighted by molar-refractivity contribution is -0.137. The molecule has 2 aliphatic rings. The molecule has 1 aromatic rings. The Morgan fingerprint density at radius 2 is 1.88 bits per heavy atom. The summed E-state index contributed by atoms with van der Waals surface area (Å²) in [6.07, 6.45) is -0.543. The van der Waals surface area contributed by atoms with Crippen molar-refractivity contribution in [3.63, 3.8) is 0 Å². The molecule has 2 heterocycles. The van der Waals surface area contributed by atoms with Gasteiger partial charge in [-0.2, -0.15) is 13.2 Å². The zero-order valence-corrected chi connectivity index (χ0v) is 14.0. The molecule has 0 spiro atoms. The van der Waals surface area contributed by atoms with Gasteiger partial charge in [0.05, 0.1) is 5.56 Å². The molecular formula is C18H22F3N3. The third kappa shape index (κ3) is 3.48. The maximum Gasteiger partial charge on any atom is 0.416 e. The summed E-state index contributed by atoms with van der Waals surface area (Å²) in [6, 6.07) is 4.15. The van der Waals surface area contributed by atoms with Crippen molar-refractivity contribution in [2.75, 3.05) is 24.7 Å². The third-order valence-electron chi connectivity index (χ3n) is 4.73. The van der Waals surface area contributed by atoms with Gasteiger partial charge in [0, 0.05) is 17.1 Å². The second-order valence-corrected chi connectivity index (χ2v) is 6.45. The van der Waals surface area contributed by atoms with Gasteiger partial charge >= 0.3 is 6.18 Å². The van der Waals surface area contributed by atoms with E-state index in [1.165, 1.54) is 12.1 Å². The maximum atomic E-state index is 13.2. The topological polar surface area (TPSA) is 27.6 Å². The first-order valence-electron chi connectivity index (χ1n) is 8.25. The Kier molecular flexibility index (Phi) is 4.67. The van der Waals surface area contributed by atoms with Crippen LogP contribution in [0, 0.1) is 0 Å². The zero-order chi connectivity index (χ0) is 17.3. The molecule has 0 aromatic heterocycles. The first-order valence-corrected chi connectivity index (χ1v) is 8.25. The van der Waals surface area contributed by atoms with Gasteiger partial charge in [-0.1, -0.05) is 6.07 Å². The molecule has 0 unspecified atom stereocenters. The summed E-state index contributed by atoms with van der Waals surface area (Å²) >= 11 is 0. The number of hydrogen-bond acceptors (Lipinski definition) is 3. The van der Waals surface area contributed by atoms with E-state index in [4.69, 9.17) is 0 Å². The Labute approximate surface area is 140 Å². The average Bonchev–Trinajstić information content (AvgIpc) is 2.54. The van der Waals surface area contributed by atoms with Gasteiger partial charge in [-0.3, -0.25) is 4.99 Å². The predicted molar refractivity (Wildman–Crippen MR) is 90.5 cm³/mol. The van der Waals surface area contributed by atoms with Crippen LogP contribution in [0.25, 0.3) is 0 Å². The molecule has 2 aliphatic heterocycles. The highest BCUT2D eigenvalue weighted by Crippen LogP contribution is 2.39. The fraction of sp³-hybridized carbons (Fsp3) is 0.500. The lowest BCUT2D eigenvalue weighted by atomic mass is 9.88. The summed E-state index contributed by atoms with van der Waals surface area (Å²) in [5.74, 6) is 0.281. The molecule has 1 fully saturated rings. The van der Waals surface area contributed by atoms with Crippen LogP contribution in [0.4, 0.5) is 18.9 Å². The van der Waals surface area contributed by atoms with Crippen LogP contribution < -0.4 is 10.2 Å². The molecule has 1 saturated heterocycles. The quantitative estimate of drug-likeness (QED) is 0.870. The van der Waals surface area contributed by atoms with Gasteiger partial charge in [-0.15, -0.1) is 0 Å². The normalized spacial score (nSPS) is 20.0. The molecule has 1 aromatic carbocycles. The molecule has 130 valence electrons. The standard InChI is InChI=1S/C18H22F3N3/c1-12-9-13(2)24(11-23-12)17-10-15(18(19,20)21)3-4-16(17)14-5-7-22-8-6-14/h3-4,9-10,14,22H,5-8,11H2,1-2H3. The Hall–Kier alpha value is -1.82. The smallest absolute Gasteiger partial charge is 0.325 e. The molecule has 1 N–H and O–H groups in total. The van der Waals surface area contributed by atoms with Crippen molar-refractivity contribution >= 4 is 11.4 Å². The van der Waals surface area contributed by atoms with Crippen LogP contribution in [0.3, 0.4) is 0 Å². The van der Waals surface area contributed by atoms with Gasteiger partial charge in [0.2, 0.25) is 0 Å². The average molecular weight is 337 g/mol. The molecule has 0 saturated carbocycles. The van der Waals surface area contributed by atoms with Crippen LogP contribution in [0.2, 0.25) is 0 Å². The van der Waals surface area contributed by atoms with Crippen molar-refractivity contribution in [2.45, 2.75) is 38.8 Å². The fourth-order valence-corrected chi connectivity index (χ4v) is 3.42. The Morgan fingerprint density at radius 1 is 1.17 bits per heavy atom. The minimum Gasteiger partial charge on any atom is -0.325 e. The van der Waals surface area contributed by atoms with Crippen LogP contribution >= 0.6 is 0 Å². The minimum absolute atomic E-state index is 0.281. The molecule has 0 radical (unpaired) electrons. The van der Waals surface area contributed by atoms with E-state index in [-0.39, 0.29) is 5.92 Å². The van der Waals surface area contributed by atoms with Crippen molar-refractivity contribution < 1.29 is 13.2 Å². The molecular weight excluding hydrogens is 315 g/mol. The largest absolute Gasteiger partial charge is 0.416 e. The van der Waals surface area contributed by atoms with Gasteiger partial charge in [0.15, 0.2) is 0 Å². The van der Waals surface area contributed by atoms with E-state index >= 15 is 0 Å². The zero-order valence-electron chi connectivity index (χ0n) is 14.0. The highest BCUT2D eigenvalue weighted by Gasteiger charge is 2.33. The molecule has 0 amide bonds. The van der Waals surface area contributed by atoms with Crippen molar-refractivity contribution in [1.29, 1.82) is 0 Å². The second-order valence-electron chi connectivity index (χ2n) is 6.45. The predicted octanol–water partition coefficient (Wildman–Crippen LogP) is 4.31. The van der Waals surface area contributed by atoms with E-state index in [2.05, 4.69) is 10.3 Å². The number of hydrogen-bond donors (Lipinski definition) is 1. The van der Waals surface area contributed by atoms with Gasteiger partial charge in [-0.05, 0) is 69.5 Å². The van der Waals surface area contributed by atoms with E-state index in [0.29, 0.717) is 12.4 Å². The number of piperidine rings is 1. The summed E-state index contributed by atoms with van der Waals surface area (Å²) in [6.45, 7) is 5.99. The van der Waals surface area contributed by atoms with Crippen molar-refractivity contribution in [2.24, 2.45) is 4.99 Å². The SMILES string of the molecule is CC1=CC(C)=NCN1c1cc(C(F)(F)F)ccc1C1CCNCC1. The number of halogens is 3. The number of nitrogens with one attached hydrogen (secondary N) is 1. The minimum atomic E-state index is -4.34. The van der Waals surface area contributed by atoms with Crippen LogP contribution in [0.15, 0.2) is 35.0 Å². The fourth-order valence-electron chi connectivity index (χ4n) is 3.42. The van der Waals surface area contributed by atoms with E-state index < -0.39 is 11.7 Å². The van der Waals surface area contributed by atoms with Gasteiger partial charge in [0.25, 0.3) is 0 Å². The third-order valence-corrected chi connectivity index (χ3v) is 4.73. The van der Waals surface area contributed by atoms with E-state index in [0.717, 1.165) is 42.9 Å². The van der Waals surface area contributed by atoms with Crippen molar-refractivity contribution in [1.82, 2.24) is 5.32 Å². The highest BCUT2D eigenvalue weighted by atomic mass is 19.4. The van der Waals surface area contributed by atoms with Crippen LogP contribution in [-0.2, 0) is 6.18 Å². The second kappa shape index (κ2) is 6.59. The summed E-state index contributed by atoms with van der Waals surface area (Å²) in [4.78, 5) is 6.28. The molecule has 3 rings (SSSR count). The van der Waals surface area contributed by atoms with E-state index in [9.17, 15) is 13.2 Å². The molecule has 0 aliphatic carbocycles. The lowest BCUT2D eigenvalue weighted by Crippen LogP contribution is -2.30. The van der Waals surface area contributed by atoms with Gasteiger partial charge in [-0.25, -0.2) is 0 Å². The van der Waals surface area contributed by atoms with E-state index in [1.807, 2.05) is 24.8 Å². The Balaban J connectivity index is 2.04. The molecule has 24 heavy (non-hydrogen) atoms. The number of rotatable bonds is 2. The Bertz CT molecular complexity index is 671. The van der Waals surface area contributed by atoms with Crippen molar-refractivity contribution in [3.8, 4) is 0 Å². The molecule has 0 bridgehead atoms. The lowest BCUT2D eigenvalue weighted by Gasteiger charge is -2.33. The number of aliphatic imine (C=N–C) groups is 1. The number of allylic oxidation sites excluding steroid dienone is 2. The number of anilines is 1. The van der Waals surface area contributed by atoms with E-state index in [1.54, 1.807) is 6.07 Å². The molecule has 3 nitrogen and oxygen atoms in total. The maximum absolute atomic E-state index is 13.2.